The highest BCUT2D eigenvalue weighted by molar-refractivity contribution is 5.74. The molecule has 0 spiro atoms. The Hall–Kier alpha value is -1.91. The molecule has 5 heteroatoms. The zero-order chi connectivity index (χ0) is 12.1. The van der Waals surface area contributed by atoms with Crippen molar-refractivity contribution in [2.24, 2.45) is 0 Å². The average Bonchev–Trinajstić information content (AvgIpc) is 2.20. The van der Waals surface area contributed by atoms with Crippen molar-refractivity contribution in [3.8, 4) is 5.75 Å². The van der Waals surface area contributed by atoms with Crippen LogP contribution < -0.4 is 15.4 Å². The molecular weight excluding hydrogens is 208 g/mol. The number of benzene rings is 1. The van der Waals surface area contributed by atoms with Crippen LogP contribution >= 0.6 is 0 Å². The number of hydrogen-bond acceptors (Lipinski definition) is 4. The Labute approximate surface area is 94.4 Å². The van der Waals surface area contributed by atoms with Crippen molar-refractivity contribution in [1.82, 2.24) is 0 Å². The first-order valence-corrected chi connectivity index (χ1v) is 4.99. The molecule has 0 amide bonds. The summed E-state index contributed by atoms with van der Waals surface area (Å²) < 4.78 is 5.33. The van der Waals surface area contributed by atoms with Crippen LogP contribution in [-0.4, -0.2) is 31.3 Å². The zero-order valence-electron chi connectivity index (χ0n) is 9.43. The summed E-state index contributed by atoms with van der Waals surface area (Å²) in [6.07, 6.45) is 0. The molecule has 0 aliphatic rings. The number of carboxylic acids is 1. The van der Waals surface area contributed by atoms with Gasteiger partial charge in [0, 0.05) is 18.8 Å². The summed E-state index contributed by atoms with van der Waals surface area (Å²) >= 11 is 0. The monoisotopic (exact) mass is 224 g/mol. The van der Waals surface area contributed by atoms with Crippen molar-refractivity contribution in [3.63, 3.8) is 0 Å². The van der Waals surface area contributed by atoms with Gasteiger partial charge in [-0.15, -0.1) is 0 Å². The Kier molecular flexibility index (Phi) is 3.99. The lowest BCUT2D eigenvalue weighted by atomic mass is 10.2. The van der Waals surface area contributed by atoms with Crippen LogP contribution in [0.15, 0.2) is 18.2 Å². The highest BCUT2D eigenvalue weighted by Gasteiger charge is 2.08. The van der Waals surface area contributed by atoms with Crippen LogP contribution in [0.5, 0.6) is 5.75 Å². The van der Waals surface area contributed by atoms with Crippen molar-refractivity contribution in [3.05, 3.63) is 18.2 Å². The molecule has 16 heavy (non-hydrogen) atoms. The van der Waals surface area contributed by atoms with Gasteiger partial charge in [-0.2, -0.15) is 0 Å². The minimum Gasteiger partial charge on any atom is -0.492 e. The lowest BCUT2D eigenvalue weighted by Gasteiger charge is -2.18. The van der Waals surface area contributed by atoms with Crippen LogP contribution in [0.3, 0.4) is 0 Å². The van der Waals surface area contributed by atoms with Gasteiger partial charge in [0.05, 0.1) is 12.3 Å². The van der Waals surface area contributed by atoms with E-state index in [0.717, 1.165) is 5.69 Å². The van der Waals surface area contributed by atoms with E-state index in [4.69, 9.17) is 15.6 Å². The second-order valence-corrected chi connectivity index (χ2v) is 3.40. The highest BCUT2D eigenvalue weighted by Crippen LogP contribution is 2.27. The topological polar surface area (TPSA) is 75.8 Å². The van der Waals surface area contributed by atoms with E-state index < -0.39 is 5.97 Å². The molecule has 0 aromatic heterocycles. The number of nitrogens with zero attached hydrogens (tertiary/aromatic N) is 1. The number of ether oxygens (including phenoxy) is 1. The molecular formula is C11H16N2O3. The van der Waals surface area contributed by atoms with Crippen molar-refractivity contribution >= 4 is 17.3 Å². The van der Waals surface area contributed by atoms with Crippen LogP contribution in [0, 0.1) is 0 Å². The van der Waals surface area contributed by atoms with Gasteiger partial charge < -0.3 is 20.5 Å². The summed E-state index contributed by atoms with van der Waals surface area (Å²) in [6.45, 7) is 2.33. The third-order valence-electron chi connectivity index (χ3n) is 2.11. The lowest BCUT2D eigenvalue weighted by Crippen LogP contribution is -2.25. The molecule has 1 rings (SSSR count). The third kappa shape index (κ3) is 3.05. The third-order valence-corrected chi connectivity index (χ3v) is 2.11. The first-order chi connectivity index (χ1) is 7.54. The molecule has 0 bridgehead atoms. The summed E-state index contributed by atoms with van der Waals surface area (Å²) in [5.74, 6) is -0.297. The number of hydrogen-bond donors (Lipinski definition) is 2. The van der Waals surface area contributed by atoms with Crippen molar-refractivity contribution in [2.45, 2.75) is 6.92 Å². The fourth-order valence-electron chi connectivity index (χ4n) is 1.34. The first-order valence-electron chi connectivity index (χ1n) is 4.99. The van der Waals surface area contributed by atoms with Gasteiger partial charge in [-0.25, -0.2) is 0 Å². The molecule has 0 aliphatic heterocycles. The zero-order valence-corrected chi connectivity index (χ0v) is 9.43. The number of likely N-dealkylation sites (N-methyl/N-ethyl adjacent to an activating group) is 1. The predicted octanol–water partition coefficient (Wildman–Crippen LogP) is 1.19. The number of nitrogen functional groups attached to an aromatic ring is 1. The summed E-state index contributed by atoms with van der Waals surface area (Å²) in [4.78, 5) is 12.2. The number of aliphatic carboxylic acids is 1. The minimum absolute atomic E-state index is 0.0600. The van der Waals surface area contributed by atoms with Gasteiger partial charge in [0.15, 0.2) is 0 Å². The molecule has 0 saturated heterocycles. The van der Waals surface area contributed by atoms with E-state index >= 15 is 0 Å². The van der Waals surface area contributed by atoms with Crippen LogP contribution in [0.4, 0.5) is 11.4 Å². The molecule has 0 aliphatic carbocycles. The Bertz CT molecular complexity index is 379. The molecule has 0 unspecified atom stereocenters. The number of carbonyl (C=O) groups is 1. The van der Waals surface area contributed by atoms with Crippen LogP contribution in [0.25, 0.3) is 0 Å². The smallest absolute Gasteiger partial charge is 0.323 e. The summed E-state index contributed by atoms with van der Waals surface area (Å²) in [5, 5.41) is 8.67. The summed E-state index contributed by atoms with van der Waals surface area (Å²) in [5.41, 5.74) is 7.03. The molecule has 1 aromatic carbocycles. The number of rotatable bonds is 5. The van der Waals surface area contributed by atoms with E-state index in [1.165, 1.54) is 0 Å². The maximum atomic E-state index is 10.6. The molecule has 5 nitrogen and oxygen atoms in total. The average molecular weight is 224 g/mol. The van der Waals surface area contributed by atoms with E-state index in [-0.39, 0.29) is 6.54 Å². The Morgan fingerprint density at radius 1 is 1.56 bits per heavy atom. The largest absolute Gasteiger partial charge is 0.492 e. The first kappa shape index (κ1) is 12.2. The van der Waals surface area contributed by atoms with Crippen LogP contribution in [0.1, 0.15) is 6.92 Å². The molecule has 0 fully saturated rings. The van der Waals surface area contributed by atoms with Crippen molar-refractivity contribution < 1.29 is 14.6 Å². The molecule has 88 valence electrons. The predicted molar refractivity (Wildman–Crippen MR) is 62.9 cm³/mol. The van der Waals surface area contributed by atoms with E-state index in [0.29, 0.717) is 18.0 Å². The Morgan fingerprint density at radius 3 is 2.81 bits per heavy atom. The quantitative estimate of drug-likeness (QED) is 0.735. The SMILES string of the molecule is CCOc1cc(N(C)CC(=O)O)ccc1N. The normalized spacial score (nSPS) is 9.88. The number of carboxylic acid groups (broad SMARTS) is 1. The Balaban J connectivity index is 2.88. The van der Waals surface area contributed by atoms with Crippen LogP contribution in [-0.2, 0) is 4.79 Å². The van der Waals surface area contributed by atoms with Gasteiger partial charge in [-0.05, 0) is 19.1 Å². The second-order valence-electron chi connectivity index (χ2n) is 3.40. The molecule has 3 N–H and O–H groups in total. The molecule has 0 radical (unpaired) electrons. The van der Waals surface area contributed by atoms with Gasteiger partial charge in [-0.3, -0.25) is 4.79 Å². The van der Waals surface area contributed by atoms with Crippen molar-refractivity contribution in [2.75, 3.05) is 30.8 Å². The maximum Gasteiger partial charge on any atom is 0.323 e. The number of nitrogens with two attached hydrogens (primary N) is 1. The highest BCUT2D eigenvalue weighted by atomic mass is 16.5. The van der Waals surface area contributed by atoms with E-state index in [2.05, 4.69) is 0 Å². The van der Waals surface area contributed by atoms with Gasteiger partial charge in [0.25, 0.3) is 0 Å². The van der Waals surface area contributed by atoms with Gasteiger partial charge in [0.1, 0.15) is 12.3 Å². The standard InChI is InChI=1S/C11H16N2O3/c1-3-16-10-6-8(4-5-9(10)12)13(2)7-11(14)15/h4-6H,3,7,12H2,1-2H3,(H,14,15). The summed E-state index contributed by atoms with van der Waals surface area (Å²) in [7, 11) is 1.70. The lowest BCUT2D eigenvalue weighted by molar-refractivity contribution is -0.135. The molecule has 0 saturated carbocycles. The van der Waals surface area contributed by atoms with Gasteiger partial charge in [-0.1, -0.05) is 0 Å². The molecule has 1 aromatic rings. The van der Waals surface area contributed by atoms with E-state index in [1.807, 2.05) is 6.92 Å². The Morgan fingerprint density at radius 2 is 2.25 bits per heavy atom. The maximum absolute atomic E-state index is 10.6. The number of anilines is 2. The van der Waals surface area contributed by atoms with Crippen molar-refractivity contribution in [1.29, 1.82) is 0 Å². The van der Waals surface area contributed by atoms with Crippen LogP contribution in [0.2, 0.25) is 0 Å². The van der Waals surface area contributed by atoms with E-state index in [1.54, 1.807) is 30.1 Å². The molecule has 0 atom stereocenters. The van der Waals surface area contributed by atoms with Gasteiger partial charge >= 0.3 is 5.97 Å². The fraction of sp³-hybridized carbons (Fsp3) is 0.364. The fourth-order valence-corrected chi connectivity index (χ4v) is 1.34. The molecule has 0 heterocycles. The van der Waals surface area contributed by atoms with Gasteiger partial charge in [0.2, 0.25) is 0 Å². The van der Waals surface area contributed by atoms with E-state index in [9.17, 15) is 4.79 Å². The summed E-state index contributed by atoms with van der Waals surface area (Å²) in [6, 6.07) is 5.21. The minimum atomic E-state index is -0.878. The second kappa shape index (κ2) is 5.25.